The SMILES string of the molecule is CNCCCC(N)CC(=O)CCCCCCCCCN. The lowest BCUT2D eigenvalue weighted by atomic mass is 10.0. The van der Waals surface area contributed by atoms with Crippen LogP contribution in [0.2, 0.25) is 0 Å². The van der Waals surface area contributed by atoms with Gasteiger partial charge in [0.25, 0.3) is 0 Å². The molecular weight excluding hydrogens is 250 g/mol. The van der Waals surface area contributed by atoms with Crippen LogP contribution in [0.15, 0.2) is 0 Å². The van der Waals surface area contributed by atoms with Crippen molar-refractivity contribution in [3.63, 3.8) is 0 Å². The molecule has 0 radical (unpaired) electrons. The van der Waals surface area contributed by atoms with Gasteiger partial charge >= 0.3 is 0 Å². The summed E-state index contributed by atoms with van der Waals surface area (Å²) in [6.45, 7) is 1.79. The van der Waals surface area contributed by atoms with Gasteiger partial charge in [0.15, 0.2) is 0 Å². The molecule has 0 bridgehead atoms. The zero-order valence-corrected chi connectivity index (χ0v) is 13.3. The van der Waals surface area contributed by atoms with Crippen LogP contribution in [-0.2, 0) is 4.79 Å². The van der Waals surface area contributed by atoms with Crippen LogP contribution in [0.3, 0.4) is 0 Å². The van der Waals surface area contributed by atoms with Gasteiger partial charge in [0, 0.05) is 18.9 Å². The molecule has 0 aromatic heterocycles. The van der Waals surface area contributed by atoms with Gasteiger partial charge in [-0.2, -0.15) is 0 Å². The number of hydrogen-bond acceptors (Lipinski definition) is 4. The Labute approximate surface area is 125 Å². The zero-order chi connectivity index (χ0) is 15.1. The van der Waals surface area contributed by atoms with Crippen LogP contribution in [-0.4, -0.2) is 32.0 Å². The van der Waals surface area contributed by atoms with E-state index in [1.807, 2.05) is 7.05 Å². The minimum absolute atomic E-state index is 0.0483. The number of carbonyl (C=O) groups excluding carboxylic acids is 1. The van der Waals surface area contributed by atoms with E-state index in [9.17, 15) is 4.79 Å². The van der Waals surface area contributed by atoms with Gasteiger partial charge in [-0.05, 0) is 45.8 Å². The quantitative estimate of drug-likeness (QED) is 0.403. The Bertz CT molecular complexity index is 222. The molecule has 5 N–H and O–H groups in total. The number of unbranched alkanes of at least 4 members (excludes halogenated alkanes) is 6. The summed E-state index contributed by atoms with van der Waals surface area (Å²) < 4.78 is 0. The van der Waals surface area contributed by atoms with Crippen molar-refractivity contribution in [2.75, 3.05) is 20.1 Å². The van der Waals surface area contributed by atoms with Gasteiger partial charge in [0.05, 0.1) is 0 Å². The average molecular weight is 285 g/mol. The number of nitrogens with one attached hydrogen (secondary N) is 1. The summed E-state index contributed by atoms with van der Waals surface area (Å²) in [7, 11) is 1.94. The summed E-state index contributed by atoms with van der Waals surface area (Å²) in [6.07, 6.45) is 11.6. The van der Waals surface area contributed by atoms with Crippen molar-refractivity contribution in [2.45, 2.75) is 76.7 Å². The summed E-state index contributed by atoms with van der Waals surface area (Å²) >= 11 is 0. The number of Topliss-reactive ketones (excluding diaryl/α,β-unsaturated/α-hetero) is 1. The fourth-order valence-electron chi connectivity index (χ4n) is 2.39. The number of hydrogen-bond donors (Lipinski definition) is 3. The average Bonchev–Trinajstić information content (AvgIpc) is 2.42. The van der Waals surface area contributed by atoms with E-state index >= 15 is 0 Å². The van der Waals surface area contributed by atoms with Crippen molar-refractivity contribution in [1.29, 1.82) is 0 Å². The van der Waals surface area contributed by atoms with Gasteiger partial charge in [-0.3, -0.25) is 4.79 Å². The van der Waals surface area contributed by atoms with Crippen LogP contribution >= 0.6 is 0 Å². The monoisotopic (exact) mass is 285 g/mol. The number of carbonyl (C=O) groups is 1. The van der Waals surface area contributed by atoms with Crippen molar-refractivity contribution in [3.05, 3.63) is 0 Å². The predicted molar refractivity (Wildman–Crippen MR) is 86.8 cm³/mol. The van der Waals surface area contributed by atoms with Crippen molar-refractivity contribution in [1.82, 2.24) is 5.32 Å². The molecule has 4 nitrogen and oxygen atoms in total. The lowest BCUT2D eigenvalue weighted by molar-refractivity contribution is -0.119. The molecule has 0 aromatic rings. The third kappa shape index (κ3) is 14.0. The summed E-state index contributed by atoms with van der Waals surface area (Å²) in [6, 6.07) is 0.0483. The van der Waals surface area contributed by atoms with E-state index in [2.05, 4.69) is 5.32 Å². The molecule has 0 aliphatic rings. The predicted octanol–water partition coefficient (Wildman–Crippen LogP) is 2.35. The molecule has 0 rings (SSSR count). The minimum Gasteiger partial charge on any atom is -0.330 e. The first-order valence-electron chi connectivity index (χ1n) is 8.32. The van der Waals surface area contributed by atoms with Crippen LogP contribution in [0.1, 0.15) is 70.6 Å². The first-order chi connectivity index (χ1) is 9.70. The second-order valence-corrected chi connectivity index (χ2v) is 5.76. The molecule has 0 fully saturated rings. The minimum atomic E-state index is 0.0483. The third-order valence-electron chi connectivity index (χ3n) is 3.65. The molecule has 1 unspecified atom stereocenters. The maximum Gasteiger partial charge on any atom is 0.134 e. The van der Waals surface area contributed by atoms with E-state index in [-0.39, 0.29) is 6.04 Å². The van der Waals surface area contributed by atoms with Crippen molar-refractivity contribution in [2.24, 2.45) is 11.5 Å². The normalized spacial score (nSPS) is 12.6. The van der Waals surface area contributed by atoms with Gasteiger partial charge in [-0.1, -0.05) is 32.1 Å². The maximum absolute atomic E-state index is 11.8. The maximum atomic E-state index is 11.8. The first kappa shape index (κ1) is 19.6. The number of rotatable bonds is 15. The Morgan fingerprint density at radius 2 is 1.60 bits per heavy atom. The molecule has 0 amide bonds. The zero-order valence-electron chi connectivity index (χ0n) is 13.3. The van der Waals surface area contributed by atoms with E-state index in [0.717, 1.165) is 38.8 Å². The number of ketones is 1. The van der Waals surface area contributed by atoms with Gasteiger partial charge in [0.2, 0.25) is 0 Å². The number of nitrogens with two attached hydrogens (primary N) is 2. The van der Waals surface area contributed by atoms with Gasteiger partial charge < -0.3 is 16.8 Å². The molecule has 0 aliphatic heterocycles. The van der Waals surface area contributed by atoms with Crippen LogP contribution < -0.4 is 16.8 Å². The van der Waals surface area contributed by atoms with Crippen molar-refractivity contribution < 1.29 is 4.79 Å². The smallest absolute Gasteiger partial charge is 0.134 e. The summed E-state index contributed by atoms with van der Waals surface area (Å²) in [5, 5.41) is 3.10. The molecule has 4 heteroatoms. The summed E-state index contributed by atoms with van der Waals surface area (Å²) in [4.78, 5) is 11.8. The summed E-state index contributed by atoms with van der Waals surface area (Å²) in [5.41, 5.74) is 11.4. The first-order valence-corrected chi connectivity index (χ1v) is 8.32. The van der Waals surface area contributed by atoms with Crippen LogP contribution in [0.25, 0.3) is 0 Å². The van der Waals surface area contributed by atoms with E-state index in [4.69, 9.17) is 11.5 Å². The van der Waals surface area contributed by atoms with E-state index in [1.54, 1.807) is 0 Å². The molecule has 120 valence electrons. The van der Waals surface area contributed by atoms with Crippen molar-refractivity contribution >= 4 is 5.78 Å². The molecular formula is C16H35N3O. The van der Waals surface area contributed by atoms with Gasteiger partial charge in [0.1, 0.15) is 5.78 Å². The fourth-order valence-corrected chi connectivity index (χ4v) is 2.39. The molecule has 0 saturated carbocycles. The molecule has 0 spiro atoms. The largest absolute Gasteiger partial charge is 0.330 e. The Hall–Kier alpha value is -0.450. The lowest BCUT2D eigenvalue weighted by Crippen LogP contribution is -2.25. The van der Waals surface area contributed by atoms with Gasteiger partial charge in [-0.25, -0.2) is 0 Å². The van der Waals surface area contributed by atoms with Crippen LogP contribution in [0.5, 0.6) is 0 Å². The standard InChI is InChI=1S/C16H35N3O/c1-19-13-9-10-15(18)14-16(20)11-7-5-3-2-4-6-8-12-17/h15,19H,2-14,17-18H2,1H3. The molecule has 0 heterocycles. The lowest BCUT2D eigenvalue weighted by Gasteiger charge is -2.10. The topological polar surface area (TPSA) is 81.1 Å². The van der Waals surface area contributed by atoms with E-state index in [1.165, 1.54) is 32.1 Å². The Balaban J connectivity index is 3.31. The summed E-state index contributed by atoms with van der Waals surface area (Å²) in [5.74, 6) is 0.338. The van der Waals surface area contributed by atoms with Crippen LogP contribution in [0.4, 0.5) is 0 Å². The van der Waals surface area contributed by atoms with Gasteiger partial charge in [-0.15, -0.1) is 0 Å². The van der Waals surface area contributed by atoms with Crippen molar-refractivity contribution in [3.8, 4) is 0 Å². The molecule has 0 aliphatic carbocycles. The highest BCUT2D eigenvalue weighted by Crippen LogP contribution is 2.10. The molecule has 20 heavy (non-hydrogen) atoms. The second kappa shape index (κ2) is 14.9. The molecule has 0 saturated heterocycles. The second-order valence-electron chi connectivity index (χ2n) is 5.76. The van der Waals surface area contributed by atoms with E-state index < -0.39 is 0 Å². The Morgan fingerprint density at radius 3 is 2.20 bits per heavy atom. The highest BCUT2D eigenvalue weighted by molar-refractivity contribution is 5.78. The molecule has 1 atom stereocenters. The molecule has 0 aromatic carbocycles. The fraction of sp³-hybridized carbons (Fsp3) is 0.938. The Kier molecular flexibility index (Phi) is 14.6. The third-order valence-corrected chi connectivity index (χ3v) is 3.65. The highest BCUT2D eigenvalue weighted by atomic mass is 16.1. The Morgan fingerprint density at radius 1 is 1.00 bits per heavy atom. The highest BCUT2D eigenvalue weighted by Gasteiger charge is 2.08. The van der Waals surface area contributed by atoms with Crippen LogP contribution in [0, 0.1) is 0 Å². The van der Waals surface area contributed by atoms with E-state index in [0.29, 0.717) is 18.6 Å².